The first-order valence-electron chi connectivity index (χ1n) is 9.85. The summed E-state index contributed by atoms with van der Waals surface area (Å²) < 4.78 is 0. The van der Waals surface area contributed by atoms with Crippen LogP contribution in [0.5, 0.6) is 0 Å². The Kier molecular flexibility index (Phi) is 6.95. The largest absolute Gasteiger partial charge is 0.399 e. The number of nitrogens with two attached hydrogens (primary N) is 4. The summed E-state index contributed by atoms with van der Waals surface area (Å²) in [6, 6.07) is 31.7. The number of hydrogen-bond acceptors (Lipinski definition) is 4. The highest BCUT2D eigenvalue weighted by Gasteiger charge is 1.98. The van der Waals surface area contributed by atoms with Crippen LogP contribution in [0.1, 0.15) is 22.3 Å². The molecule has 4 heteroatoms. The zero-order valence-corrected chi connectivity index (χ0v) is 17.0. The maximum atomic E-state index is 5.72. The van der Waals surface area contributed by atoms with E-state index < -0.39 is 0 Å². The molecule has 0 atom stereocenters. The van der Waals surface area contributed by atoms with Gasteiger partial charge in [-0.25, -0.2) is 0 Å². The molecule has 152 valence electrons. The second-order valence-corrected chi connectivity index (χ2v) is 7.33. The monoisotopic (exact) mass is 396 g/mol. The van der Waals surface area contributed by atoms with Crippen LogP contribution in [0.4, 0.5) is 22.7 Å². The minimum atomic E-state index is 0.802. The Balaban J connectivity index is 0.000000171. The molecule has 4 rings (SSSR count). The van der Waals surface area contributed by atoms with Crippen molar-refractivity contribution in [2.24, 2.45) is 0 Å². The standard InChI is InChI=1S/2C13H14N2/c2*14-12-5-1-3-10(8-12)7-11-4-2-6-13(15)9-11/h2*1-6,8-9H,7,14-15H2. The van der Waals surface area contributed by atoms with Crippen molar-refractivity contribution in [2.75, 3.05) is 22.9 Å². The van der Waals surface area contributed by atoms with Gasteiger partial charge in [-0.2, -0.15) is 0 Å². The van der Waals surface area contributed by atoms with Crippen molar-refractivity contribution in [3.05, 3.63) is 119 Å². The average molecular weight is 397 g/mol. The van der Waals surface area contributed by atoms with E-state index in [0.29, 0.717) is 0 Å². The van der Waals surface area contributed by atoms with Crippen LogP contribution in [0.2, 0.25) is 0 Å². The van der Waals surface area contributed by atoms with Crippen molar-refractivity contribution in [3.63, 3.8) is 0 Å². The molecule has 4 aromatic rings. The summed E-state index contributed by atoms with van der Waals surface area (Å²) in [5.41, 5.74) is 30.9. The number of hydrogen-bond donors (Lipinski definition) is 4. The van der Waals surface area contributed by atoms with Crippen LogP contribution >= 0.6 is 0 Å². The highest BCUT2D eigenvalue weighted by atomic mass is 14.6. The lowest BCUT2D eigenvalue weighted by Gasteiger charge is -2.03. The minimum Gasteiger partial charge on any atom is -0.399 e. The summed E-state index contributed by atoms with van der Waals surface area (Å²) in [6.45, 7) is 0. The molecule has 30 heavy (non-hydrogen) atoms. The van der Waals surface area contributed by atoms with Gasteiger partial charge in [-0.15, -0.1) is 0 Å². The lowest BCUT2D eigenvalue weighted by molar-refractivity contribution is 1.20. The molecule has 0 heterocycles. The van der Waals surface area contributed by atoms with Gasteiger partial charge in [-0.05, 0) is 83.6 Å². The van der Waals surface area contributed by atoms with Crippen LogP contribution in [0.25, 0.3) is 0 Å². The van der Waals surface area contributed by atoms with Crippen LogP contribution in [0.15, 0.2) is 97.1 Å². The number of benzene rings is 4. The van der Waals surface area contributed by atoms with Crippen LogP contribution in [-0.4, -0.2) is 0 Å². The van der Waals surface area contributed by atoms with Gasteiger partial charge < -0.3 is 22.9 Å². The molecule has 0 spiro atoms. The SMILES string of the molecule is Nc1cccc(Cc2cccc(N)c2)c1.Nc1cccc(Cc2cccc(N)c2)c1. The van der Waals surface area contributed by atoms with Crippen molar-refractivity contribution < 1.29 is 0 Å². The Morgan fingerprint density at radius 2 is 0.600 bits per heavy atom. The molecule has 0 aliphatic heterocycles. The third-order valence-corrected chi connectivity index (χ3v) is 4.62. The van der Waals surface area contributed by atoms with Crippen LogP contribution in [0, 0.1) is 0 Å². The minimum absolute atomic E-state index is 0.802. The van der Waals surface area contributed by atoms with E-state index in [1.807, 2.05) is 72.8 Å². The van der Waals surface area contributed by atoms with Crippen molar-refractivity contribution in [1.29, 1.82) is 0 Å². The molecule has 0 fully saturated rings. The number of anilines is 4. The molecule has 0 amide bonds. The van der Waals surface area contributed by atoms with E-state index in [1.54, 1.807) is 0 Å². The maximum absolute atomic E-state index is 5.72. The van der Waals surface area contributed by atoms with E-state index >= 15 is 0 Å². The third kappa shape index (κ3) is 6.60. The third-order valence-electron chi connectivity index (χ3n) is 4.62. The second kappa shape index (κ2) is 10.0. The predicted molar refractivity (Wildman–Crippen MR) is 129 cm³/mol. The van der Waals surface area contributed by atoms with Crippen LogP contribution in [0.3, 0.4) is 0 Å². The summed E-state index contributed by atoms with van der Waals surface area (Å²) in [4.78, 5) is 0. The normalized spacial score (nSPS) is 10.1. The smallest absolute Gasteiger partial charge is 0.0316 e. The van der Waals surface area contributed by atoms with E-state index in [9.17, 15) is 0 Å². The van der Waals surface area contributed by atoms with Gasteiger partial charge in [-0.3, -0.25) is 0 Å². The highest BCUT2D eigenvalue weighted by Crippen LogP contribution is 2.15. The van der Waals surface area contributed by atoms with E-state index in [4.69, 9.17) is 22.9 Å². The molecule has 0 bridgehead atoms. The number of nitrogen functional groups attached to an aromatic ring is 4. The molecular weight excluding hydrogens is 368 g/mol. The molecule has 0 aliphatic rings. The van der Waals surface area contributed by atoms with Gasteiger partial charge in [0.15, 0.2) is 0 Å². The fraction of sp³-hybridized carbons (Fsp3) is 0.0769. The van der Waals surface area contributed by atoms with Gasteiger partial charge in [0.05, 0.1) is 0 Å². The summed E-state index contributed by atoms with van der Waals surface area (Å²) in [5, 5.41) is 0. The maximum Gasteiger partial charge on any atom is 0.0316 e. The van der Waals surface area contributed by atoms with Gasteiger partial charge in [0, 0.05) is 22.7 Å². The van der Waals surface area contributed by atoms with Gasteiger partial charge >= 0.3 is 0 Å². The molecule has 0 aliphatic carbocycles. The zero-order valence-electron chi connectivity index (χ0n) is 17.0. The molecule has 8 N–H and O–H groups in total. The Bertz CT molecular complexity index is 929. The first-order chi connectivity index (χ1) is 14.5. The second-order valence-electron chi connectivity index (χ2n) is 7.33. The van der Waals surface area contributed by atoms with Gasteiger partial charge in [0.25, 0.3) is 0 Å². The lowest BCUT2D eigenvalue weighted by atomic mass is 10.0. The topological polar surface area (TPSA) is 104 Å². The molecule has 0 aromatic heterocycles. The Morgan fingerprint density at radius 1 is 0.367 bits per heavy atom. The molecule has 0 saturated carbocycles. The Labute approximate surface area is 178 Å². The van der Waals surface area contributed by atoms with Crippen molar-refractivity contribution >= 4 is 22.7 Å². The lowest BCUT2D eigenvalue weighted by Crippen LogP contribution is -1.92. The first kappa shape index (κ1) is 20.8. The summed E-state index contributed by atoms with van der Waals surface area (Å²) >= 11 is 0. The molecule has 4 aromatic carbocycles. The van der Waals surface area contributed by atoms with E-state index in [2.05, 4.69) is 24.3 Å². The fourth-order valence-electron chi connectivity index (χ4n) is 3.28. The number of rotatable bonds is 4. The van der Waals surface area contributed by atoms with Gasteiger partial charge in [0.1, 0.15) is 0 Å². The Hall–Kier alpha value is -3.92. The summed E-state index contributed by atoms with van der Waals surface area (Å²) in [6.07, 6.45) is 1.74. The Morgan fingerprint density at radius 3 is 0.800 bits per heavy atom. The molecule has 0 saturated heterocycles. The van der Waals surface area contributed by atoms with Crippen molar-refractivity contribution in [2.45, 2.75) is 12.8 Å². The van der Waals surface area contributed by atoms with E-state index in [0.717, 1.165) is 35.6 Å². The van der Waals surface area contributed by atoms with Crippen molar-refractivity contribution in [3.8, 4) is 0 Å². The molecule has 4 nitrogen and oxygen atoms in total. The quantitative estimate of drug-likeness (QED) is 0.369. The van der Waals surface area contributed by atoms with Gasteiger partial charge in [-0.1, -0.05) is 48.5 Å². The average Bonchev–Trinajstić information content (AvgIpc) is 2.69. The van der Waals surface area contributed by atoms with Crippen LogP contribution in [-0.2, 0) is 12.8 Å². The summed E-state index contributed by atoms with van der Waals surface area (Å²) in [7, 11) is 0. The van der Waals surface area contributed by atoms with Gasteiger partial charge in [0.2, 0.25) is 0 Å². The summed E-state index contributed by atoms with van der Waals surface area (Å²) in [5.74, 6) is 0. The zero-order chi connectivity index (χ0) is 21.3. The van der Waals surface area contributed by atoms with E-state index in [1.165, 1.54) is 22.3 Å². The molecule has 0 radical (unpaired) electrons. The fourth-order valence-corrected chi connectivity index (χ4v) is 3.28. The molecule has 0 unspecified atom stereocenters. The van der Waals surface area contributed by atoms with Crippen LogP contribution < -0.4 is 22.9 Å². The molecular formula is C26H28N4. The highest BCUT2D eigenvalue weighted by molar-refractivity contribution is 5.46. The van der Waals surface area contributed by atoms with E-state index in [-0.39, 0.29) is 0 Å². The van der Waals surface area contributed by atoms with Crippen molar-refractivity contribution in [1.82, 2.24) is 0 Å². The first-order valence-corrected chi connectivity index (χ1v) is 9.85. The predicted octanol–water partition coefficient (Wildman–Crippen LogP) is 4.88.